The number of nitrogens with one attached hydrogen (secondary N) is 1. The van der Waals surface area contributed by atoms with Crippen molar-refractivity contribution in [3.63, 3.8) is 0 Å². The van der Waals surface area contributed by atoms with E-state index in [1.807, 2.05) is 48.5 Å². The molecule has 9 heteroatoms. The topological polar surface area (TPSA) is 97.3 Å². The summed E-state index contributed by atoms with van der Waals surface area (Å²) in [6, 6.07) is 27.5. The minimum Gasteiger partial charge on any atom is -0.454 e. The molecule has 1 N–H and O–H groups in total. The molecular weight excluding hydrogens is 554 g/mol. The number of nitrogens with zero attached hydrogens (tertiary/aromatic N) is 2. The SMILES string of the molecule is O=C(N/N=C/C12c3ccccc3C(c3ccccc31)[C@H]1C(=O)N(c3ccccc3Cl)C(=O)[C@H]12)c1ccc2c(c1)OCO2. The summed E-state index contributed by atoms with van der Waals surface area (Å²) in [5, 5.41) is 4.78. The maximum absolute atomic E-state index is 14.4. The van der Waals surface area contributed by atoms with Crippen LogP contribution in [0.5, 0.6) is 11.5 Å². The first-order valence-electron chi connectivity index (χ1n) is 13.6. The molecule has 2 heterocycles. The van der Waals surface area contributed by atoms with Crippen LogP contribution in [0.15, 0.2) is 96.1 Å². The van der Waals surface area contributed by atoms with Gasteiger partial charge in [-0.25, -0.2) is 10.3 Å². The highest BCUT2D eigenvalue weighted by Gasteiger charge is 2.68. The Bertz CT molecular complexity index is 1820. The Morgan fingerprint density at radius 2 is 1.55 bits per heavy atom. The summed E-state index contributed by atoms with van der Waals surface area (Å²) >= 11 is 6.51. The van der Waals surface area contributed by atoms with E-state index in [1.165, 1.54) is 4.90 Å². The molecule has 0 saturated carbocycles. The summed E-state index contributed by atoms with van der Waals surface area (Å²) in [6.07, 6.45) is 1.63. The van der Waals surface area contributed by atoms with E-state index in [-0.39, 0.29) is 24.5 Å². The Balaban J connectivity index is 1.27. The van der Waals surface area contributed by atoms with Gasteiger partial charge in [-0.1, -0.05) is 72.3 Å². The number of hydrogen-bond acceptors (Lipinski definition) is 6. The molecule has 3 amide bonds. The smallest absolute Gasteiger partial charge is 0.271 e. The molecule has 8 nitrogen and oxygen atoms in total. The first-order valence-corrected chi connectivity index (χ1v) is 13.9. The summed E-state index contributed by atoms with van der Waals surface area (Å²) in [5.41, 5.74) is 5.93. The number of amides is 3. The fourth-order valence-electron chi connectivity index (χ4n) is 7.22. The summed E-state index contributed by atoms with van der Waals surface area (Å²) in [4.78, 5) is 43.0. The third kappa shape index (κ3) is 3.24. The highest BCUT2D eigenvalue weighted by Crippen LogP contribution is 2.63. The van der Waals surface area contributed by atoms with Crippen molar-refractivity contribution < 1.29 is 23.9 Å². The highest BCUT2D eigenvalue weighted by atomic mass is 35.5. The number of carbonyl (C=O) groups excluding carboxylic acids is 3. The van der Waals surface area contributed by atoms with Crippen molar-refractivity contribution >= 4 is 41.2 Å². The van der Waals surface area contributed by atoms with Gasteiger partial charge in [0.05, 0.1) is 28.0 Å². The number of para-hydroxylation sites is 1. The molecule has 2 atom stereocenters. The molecule has 9 rings (SSSR count). The summed E-state index contributed by atoms with van der Waals surface area (Å²) in [7, 11) is 0. The Labute approximate surface area is 245 Å². The first-order chi connectivity index (χ1) is 20.5. The van der Waals surface area contributed by atoms with E-state index in [2.05, 4.69) is 10.5 Å². The summed E-state index contributed by atoms with van der Waals surface area (Å²) in [6.45, 7) is 0.0986. The fourth-order valence-corrected chi connectivity index (χ4v) is 7.44. The Hall–Kier alpha value is -4.95. The van der Waals surface area contributed by atoms with Crippen LogP contribution in [0.2, 0.25) is 5.02 Å². The van der Waals surface area contributed by atoms with Gasteiger partial charge in [0.15, 0.2) is 11.5 Å². The van der Waals surface area contributed by atoms with E-state index in [9.17, 15) is 14.4 Å². The zero-order valence-electron chi connectivity index (χ0n) is 22.0. The van der Waals surface area contributed by atoms with Crippen LogP contribution in [-0.2, 0) is 15.0 Å². The van der Waals surface area contributed by atoms with E-state index in [0.29, 0.717) is 27.8 Å². The van der Waals surface area contributed by atoms with Crippen molar-refractivity contribution in [2.24, 2.45) is 16.9 Å². The van der Waals surface area contributed by atoms with E-state index < -0.39 is 23.2 Å². The lowest BCUT2D eigenvalue weighted by Crippen LogP contribution is -2.54. The lowest BCUT2D eigenvalue weighted by Gasteiger charge is -2.52. The molecule has 0 unspecified atom stereocenters. The molecule has 1 fully saturated rings. The number of benzene rings is 4. The second-order valence-corrected chi connectivity index (χ2v) is 11.2. The third-order valence-electron chi connectivity index (χ3n) is 8.85. The van der Waals surface area contributed by atoms with Crippen molar-refractivity contribution in [3.8, 4) is 11.5 Å². The number of hydrazone groups is 1. The lowest BCUT2D eigenvalue weighted by atomic mass is 9.47. The number of halogens is 1. The van der Waals surface area contributed by atoms with Crippen LogP contribution in [0.4, 0.5) is 5.69 Å². The van der Waals surface area contributed by atoms with Gasteiger partial charge in [-0.05, 0) is 52.6 Å². The predicted molar refractivity (Wildman–Crippen MR) is 155 cm³/mol. The van der Waals surface area contributed by atoms with Crippen LogP contribution in [0.3, 0.4) is 0 Å². The van der Waals surface area contributed by atoms with Crippen molar-refractivity contribution in [2.45, 2.75) is 11.3 Å². The molecule has 2 aliphatic heterocycles. The van der Waals surface area contributed by atoms with Gasteiger partial charge in [0, 0.05) is 17.7 Å². The van der Waals surface area contributed by atoms with Gasteiger partial charge in [-0.3, -0.25) is 14.4 Å². The number of carbonyl (C=O) groups is 3. The molecular formula is C33H22ClN3O5. The van der Waals surface area contributed by atoms with Gasteiger partial charge in [-0.15, -0.1) is 0 Å². The number of rotatable bonds is 4. The molecule has 3 aliphatic carbocycles. The second-order valence-electron chi connectivity index (χ2n) is 10.8. The monoisotopic (exact) mass is 575 g/mol. The number of fused-ring (bicyclic) bond motifs is 1. The van der Waals surface area contributed by atoms with Gasteiger partial charge in [0.2, 0.25) is 18.6 Å². The standard InChI is InChI=1S/C33H22ClN3O5/c34-23-11-5-6-12-24(23)37-31(39)28-27-19-7-1-3-9-21(19)33(29(28)32(37)40,22-10-4-2-8-20(22)27)16-35-36-30(38)18-13-14-25-26(15-18)42-17-41-25/h1-16,27-29H,17H2,(H,36,38)/b35-16+/t27?,28-,29+,33?/m1/s1. The molecule has 0 radical (unpaired) electrons. The Kier molecular flexibility index (Phi) is 5.33. The number of anilines is 1. The molecule has 42 heavy (non-hydrogen) atoms. The van der Waals surface area contributed by atoms with Gasteiger partial charge in [-0.2, -0.15) is 5.10 Å². The third-order valence-corrected chi connectivity index (χ3v) is 9.17. The van der Waals surface area contributed by atoms with Gasteiger partial charge >= 0.3 is 0 Å². The predicted octanol–water partition coefficient (Wildman–Crippen LogP) is 5.04. The minimum absolute atomic E-state index is 0.0986. The average molecular weight is 576 g/mol. The molecule has 4 aromatic carbocycles. The number of imide groups is 1. The quantitative estimate of drug-likeness (QED) is 0.209. The van der Waals surface area contributed by atoms with Crippen molar-refractivity contribution in [2.75, 3.05) is 11.7 Å². The minimum atomic E-state index is -1.11. The molecule has 5 aliphatic rings. The molecule has 0 aromatic heterocycles. The van der Waals surface area contributed by atoms with Gasteiger partial charge in [0.1, 0.15) is 0 Å². The van der Waals surface area contributed by atoms with Crippen LogP contribution in [0.1, 0.15) is 38.5 Å². The molecule has 2 bridgehead atoms. The fraction of sp³-hybridized carbons (Fsp3) is 0.152. The molecule has 206 valence electrons. The van der Waals surface area contributed by atoms with E-state index in [4.69, 9.17) is 21.1 Å². The zero-order chi connectivity index (χ0) is 28.6. The average Bonchev–Trinajstić information content (AvgIpc) is 3.60. The highest BCUT2D eigenvalue weighted by molar-refractivity contribution is 6.36. The molecule has 4 aromatic rings. The molecule has 0 spiro atoms. The maximum atomic E-state index is 14.4. The number of hydrogen-bond donors (Lipinski definition) is 1. The van der Waals surface area contributed by atoms with Gasteiger partial charge < -0.3 is 9.47 Å². The lowest BCUT2D eigenvalue weighted by molar-refractivity contribution is -0.122. The van der Waals surface area contributed by atoms with Gasteiger partial charge in [0.25, 0.3) is 5.91 Å². The van der Waals surface area contributed by atoms with Crippen molar-refractivity contribution in [1.82, 2.24) is 5.43 Å². The maximum Gasteiger partial charge on any atom is 0.271 e. The van der Waals surface area contributed by atoms with Crippen LogP contribution in [0.25, 0.3) is 0 Å². The Morgan fingerprint density at radius 1 is 0.881 bits per heavy atom. The summed E-state index contributed by atoms with van der Waals surface area (Å²) in [5.74, 6) is -1.82. The normalized spacial score (nSPS) is 24.5. The molecule has 1 saturated heterocycles. The summed E-state index contributed by atoms with van der Waals surface area (Å²) < 4.78 is 10.7. The van der Waals surface area contributed by atoms with Crippen LogP contribution in [0, 0.1) is 11.8 Å². The van der Waals surface area contributed by atoms with E-state index in [1.54, 1.807) is 48.7 Å². The second kappa shape index (κ2) is 9.03. The largest absolute Gasteiger partial charge is 0.454 e. The van der Waals surface area contributed by atoms with Crippen molar-refractivity contribution in [1.29, 1.82) is 0 Å². The van der Waals surface area contributed by atoms with Crippen LogP contribution in [-0.4, -0.2) is 30.7 Å². The van der Waals surface area contributed by atoms with E-state index in [0.717, 1.165) is 22.3 Å². The van der Waals surface area contributed by atoms with Crippen LogP contribution >= 0.6 is 11.6 Å². The zero-order valence-corrected chi connectivity index (χ0v) is 22.7. The number of ether oxygens (including phenoxy) is 2. The van der Waals surface area contributed by atoms with E-state index >= 15 is 0 Å². The van der Waals surface area contributed by atoms with Crippen molar-refractivity contribution in [3.05, 3.63) is 124 Å². The van der Waals surface area contributed by atoms with Crippen LogP contribution < -0.4 is 19.8 Å². The Morgan fingerprint density at radius 3 is 2.29 bits per heavy atom. The first kappa shape index (κ1) is 24.8.